The Morgan fingerprint density at radius 2 is 1.48 bits per heavy atom. The number of benzene rings is 1. The van der Waals surface area contributed by atoms with E-state index in [-0.39, 0.29) is 54.6 Å². The van der Waals surface area contributed by atoms with Gasteiger partial charge in [0.1, 0.15) is 0 Å². The predicted molar refractivity (Wildman–Crippen MR) is 136 cm³/mol. The van der Waals surface area contributed by atoms with Gasteiger partial charge in [0.15, 0.2) is 0 Å². The van der Waals surface area contributed by atoms with Gasteiger partial charge in [-0.2, -0.15) is 0 Å². The van der Waals surface area contributed by atoms with Gasteiger partial charge in [0.2, 0.25) is 15.9 Å². The van der Waals surface area contributed by atoms with Gasteiger partial charge in [-0.05, 0) is 30.5 Å². The Morgan fingerprint density at radius 3 is 2.00 bits per heavy atom. The van der Waals surface area contributed by atoms with Crippen LogP contribution in [0.4, 0.5) is 0 Å². The number of likely N-dealkylation sites (tertiary alicyclic amines) is 1. The first-order chi connectivity index (χ1) is 14.6. The second-order valence-electron chi connectivity index (χ2n) is 9.88. The van der Waals surface area contributed by atoms with Crippen LogP contribution in [0.1, 0.15) is 31.4 Å². The van der Waals surface area contributed by atoms with E-state index in [0.29, 0.717) is 6.42 Å². The van der Waals surface area contributed by atoms with Crippen LogP contribution in [0.5, 0.6) is 0 Å². The number of hydrogen-bond acceptors (Lipinski definition) is 6. The molecule has 0 unspecified atom stereocenters. The Morgan fingerprint density at radius 1 is 0.939 bits per heavy atom. The third-order valence-electron chi connectivity index (χ3n) is 7.19. The summed E-state index contributed by atoms with van der Waals surface area (Å²) in [4.78, 5) is 20.2. The summed E-state index contributed by atoms with van der Waals surface area (Å²) in [5.74, 6) is -0.378. The van der Waals surface area contributed by atoms with Crippen molar-refractivity contribution in [3.8, 4) is 0 Å². The third kappa shape index (κ3) is 6.03. The molecule has 0 aromatic heterocycles. The highest BCUT2D eigenvalue weighted by Gasteiger charge is 2.57. The van der Waals surface area contributed by atoms with E-state index in [4.69, 9.17) is 0 Å². The minimum Gasteiger partial charge on any atom is -0.304 e. The lowest BCUT2D eigenvalue weighted by atomic mass is 9.88. The van der Waals surface area contributed by atoms with Crippen molar-refractivity contribution in [1.82, 2.24) is 19.0 Å². The van der Waals surface area contributed by atoms with Crippen molar-refractivity contribution in [2.75, 3.05) is 46.0 Å². The lowest BCUT2D eigenvalue weighted by molar-refractivity contribution is -0.129. The second kappa shape index (κ2) is 11.2. The van der Waals surface area contributed by atoms with Crippen molar-refractivity contribution in [3.05, 3.63) is 35.4 Å². The standard InChI is InChI=1S/C23H36N4O3S.2ClH/c1-17(2)21-22-20(27(23(21)28)31(4,29)30)9-10-26(22)16-19-7-5-18(6-8-19)15-25-13-11-24(3)12-14-25;;/h5-8,17,20-22H,9-16H2,1-4H3;2*1H/t20-,21+,22-;;/m0../s1. The van der Waals surface area contributed by atoms with Crippen molar-refractivity contribution < 1.29 is 13.2 Å². The molecule has 0 bridgehead atoms. The van der Waals surface area contributed by atoms with Crippen molar-refractivity contribution in [3.63, 3.8) is 0 Å². The highest BCUT2D eigenvalue weighted by Crippen LogP contribution is 2.41. The van der Waals surface area contributed by atoms with Gasteiger partial charge in [-0.25, -0.2) is 12.7 Å². The molecule has 0 N–H and O–H groups in total. The first-order valence-corrected chi connectivity index (χ1v) is 13.3. The number of nitrogens with zero attached hydrogens (tertiary/aromatic N) is 4. The van der Waals surface area contributed by atoms with E-state index in [1.54, 1.807) is 0 Å². The molecule has 3 heterocycles. The van der Waals surface area contributed by atoms with Crippen LogP contribution in [0.2, 0.25) is 0 Å². The summed E-state index contributed by atoms with van der Waals surface area (Å²) in [5, 5.41) is 0. The van der Waals surface area contributed by atoms with E-state index in [9.17, 15) is 13.2 Å². The van der Waals surface area contributed by atoms with Crippen LogP contribution in [-0.4, -0.2) is 91.4 Å². The second-order valence-corrected chi connectivity index (χ2v) is 11.7. The molecule has 0 radical (unpaired) electrons. The first-order valence-electron chi connectivity index (χ1n) is 11.4. The zero-order chi connectivity index (χ0) is 22.3. The number of fused-ring (bicyclic) bond motifs is 1. The summed E-state index contributed by atoms with van der Waals surface area (Å²) in [6.45, 7) is 11.1. The first kappa shape index (κ1) is 28.3. The zero-order valence-corrected chi connectivity index (χ0v) is 22.5. The summed E-state index contributed by atoms with van der Waals surface area (Å²) in [6.07, 6.45) is 1.88. The molecule has 3 aliphatic heterocycles. The van der Waals surface area contributed by atoms with Crippen LogP contribution < -0.4 is 0 Å². The molecule has 10 heteroatoms. The monoisotopic (exact) mass is 520 g/mol. The molecule has 0 saturated carbocycles. The number of amides is 1. The van der Waals surface area contributed by atoms with E-state index >= 15 is 0 Å². The van der Waals surface area contributed by atoms with Crippen molar-refractivity contribution >= 4 is 40.7 Å². The van der Waals surface area contributed by atoms with Crippen molar-refractivity contribution in [2.45, 2.75) is 45.4 Å². The Balaban J connectivity index is 0.00000193. The number of piperazine rings is 1. The third-order valence-corrected chi connectivity index (χ3v) is 8.35. The minimum atomic E-state index is -3.54. The molecule has 4 rings (SSSR count). The number of carbonyl (C=O) groups is 1. The van der Waals surface area contributed by atoms with E-state index in [1.165, 1.54) is 15.4 Å². The summed E-state index contributed by atoms with van der Waals surface area (Å²) in [7, 11) is -1.37. The Labute approximate surface area is 211 Å². The van der Waals surface area contributed by atoms with E-state index in [1.807, 2.05) is 13.8 Å². The number of hydrogen-bond donors (Lipinski definition) is 0. The number of likely N-dealkylation sites (N-methyl/N-ethyl adjacent to an activating group) is 1. The van der Waals surface area contributed by atoms with Gasteiger partial charge in [0, 0.05) is 51.9 Å². The molecule has 1 aromatic rings. The maximum atomic E-state index is 13.0. The molecule has 0 aliphatic carbocycles. The summed E-state index contributed by atoms with van der Waals surface area (Å²) < 4.78 is 25.8. The maximum Gasteiger partial charge on any atom is 0.241 e. The van der Waals surface area contributed by atoms with Crippen LogP contribution in [-0.2, 0) is 27.9 Å². The largest absolute Gasteiger partial charge is 0.304 e. The molecular formula is C23H38Cl2N4O3S. The van der Waals surface area contributed by atoms with Crippen LogP contribution in [0.3, 0.4) is 0 Å². The number of sulfonamides is 1. The SMILES string of the molecule is CC(C)[C@H]1C(=O)N(S(C)(=O)=O)[C@H]2CCN(Cc3ccc(CN4CCN(C)CC4)cc3)[C@H]12.Cl.Cl. The molecule has 33 heavy (non-hydrogen) atoms. The molecule has 188 valence electrons. The van der Waals surface area contributed by atoms with Gasteiger partial charge in [0.05, 0.1) is 18.2 Å². The molecule has 3 fully saturated rings. The van der Waals surface area contributed by atoms with Gasteiger partial charge in [-0.3, -0.25) is 14.6 Å². The topological polar surface area (TPSA) is 64.2 Å². The fourth-order valence-corrected chi connectivity index (χ4v) is 6.73. The summed E-state index contributed by atoms with van der Waals surface area (Å²) in [6, 6.07) is 8.54. The van der Waals surface area contributed by atoms with Crippen LogP contribution in [0, 0.1) is 11.8 Å². The lowest BCUT2D eigenvalue weighted by Gasteiger charge is -2.32. The maximum absolute atomic E-state index is 13.0. The molecule has 3 atom stereocenters. The van der Waals surface area contributed by atoms with Gasteiger partial charge in [-0.1, -0.05) is 38.1 Å². The Bertz CT molecular complexity index is 905. The smallest absolute Gasteiger partial charge is 0.241 e. The van der Waals surface area contributed by atoms with Gasteiger partial charge < -0.3 is 4.90 Å². The molecular weight excluding hydrogens is 483 g/mol. The molecule has 1 aromatic carbocycles. The fraction of sp³-hybridized carbons (Fsp3) is 0.696. The van der Waals surface area contributed by atoms with Crippen molar-refractivity contribution in [1.29, 1.82) is 0 Å². The molecule has 0 spiro atoms. The molecule has 7 nitrogen and oxygen atoms in total. The van der Waals surface area contributed by atoms with Crippen molar-refractivity contribution in [2.24, 2.45) is 11.8 Å². The minimum absolute atomic E-state index is 0. The molecule has 3 saturated heterocycles. The fourth-order valence-electron chi connectivity index (χ4n) is 5.56. The number of rotatable bonds is 6. The average molecular weight is 522 g/mol. The van der Waals surface area contributed by atoms with Crippen LogP contribution >= 0.6 is 24.8 Å². The average Bonchev–Trinajstić information content (AvgIpc) is 3.21. The predicted octanol–water partition coefficient (Wildman–Crippen LogP) is 2.29. The Hall–Kier alpha value is -0.900. The number of halogens is 2. The number of carbonyl (C=O) groups excluding carboxylic acids is 1. The lowest BCUT2D eigenvalue weighted by Crippen LogP contribution is -2.43. The normalized spacial score (nSPS) is 26.9. The highest BCUT2D eigenvalue weighted by atomic mass is 35.5. The summed E-state index contributed by atoms with van der Waals surface area (Å²) >= 11 is 0. The highest BCUT2D eigenvalue weighted by molar-refractivity contribution is 7.88. The van der Waals surface area contributed by atoms with Crippen LogP contribution in [0.25, 0.3) is 0 Å². The van der Waals surface area contributed by atoms with E-state index in [2.05, 4.69) is 46.0 Å². The van der Waals surface area contributed by atoms with Gasteiger partial charge in [0.25, 0.3) is 0 Å². The van der Waals surface area contributed by atoms with Crippen LogP contribution in [0.15, 0.2) is 24.3 Å². The zero-order valence-electron chi connectivity index (χ0n) is 20.0. The Kier molecular flexibility index (Phi) is 9.64. The summed E-state index contributed by atoms with van der Waals surface area (Å²) in [5.41, 5.74) is 2.54. The van der Waals surface area contributed by atoms with E-state index < -0.39 is 10.0 Å². The molecule has 3 aliphatic rings. The quantitative estimate of drug-likeness (QED) is 0.573. The van der Waals surface area contributed by atoms with Gasteiger partial charge in [-0.15, -0.1) is 24.8 Å². The van der Waals surface area contributed by atoms with E-state index in [0.717, 1.165) is 52.1 Å². The molecule has 1 amide bonds. The van der Waals surface area contributed by atoms with Gasteiger partial charge >= 0.3 is 0 Å².